The van der Waals surface area contributed by atoms with Crippen LogP contribution in [0.5, 0.6) is 5.75 Å². The summed E-state index contributed by atoms with van der Waals surface area (Å²) in [5.41, 5.74) is 1.34. The molecule has 0 unspecified atom stereocenters. The quantitative estimate of drug-likeness (QED) is 0.345. The molecule has 10 nitrogen and oxygen atoms in total. The molecule has 4 fully saturated rings. The molecule has 2 aliphatic carbocycles. The van der Waals surface area contributed by atoms with Crippen molar-refractivity contribution in [3.8, 4) is 5.75 Å². The Kier molecular flexibility index (Phi) is 7.68. The van der Waals surface area contributed by atoms with Crippen LogP contribution in [0.1, 0.15) is 74.0 Å². The van der Waals surface area contributed by atoms with Gasteiger partial charge in [0.25, 0.3) is 15.9 Å². The SMILES string of the molecule is Cc1ccc(S(=O)(=O)N2CC3(CCN3c3cccc(S(=O)(=O)NC(=O)C4(Oc5c(C)cccc5C5CCCCC5)CC4)n3)C2)cc1. The van der Waals surface area contributed by atoms with Gasteiger partial charge in [0.1, 0.15) is 11.6 Å². The van der Waals surface area contributed by atoms with Crippen LogP contribution in [0, 0.1) is 13.8 Å². The number of hydrogen-bond donors (Lipinski definition) is 1. The maximum Gasteiger partial charge on any atom is 0.281 e. The van der Waals surface area contributed by atoms with Crippen molar-refractivity contribution in [1.29, 1.82) is 0 Å². The highest BCUT2D eigenvalue weighted by Crippen LogP contribution is 2.47. The Balaban J connectivity index is 1.04. The first kappa shape index (κ1) is 31.1. The van der Waals surface area contributed by atoms with E-state index in [0.29, 0.717) is 50.0 Å². The van der Waals surface area contributed by atoms with E-state index in [9.17, 15) is 21.6 Å². The zero-order chi connectivity index (χ0) is 32.3. The Morgan fingerprint density at radius 1 is 0.891 bits per heavy atom. The van der Waals surface area contributed by atoms with E-state index in [0.717, 1.165) is 48.8 Å². The van der Waals surface area contributed by atoms with Crippen LogP contribution in [0.3, 0.4) is 0 Å². The minimum Gasteiger partial charge on any atom is -0.477 e. The van der Waals surface area contributed by atoms with Gasteiger partial charge in [-0.2, -0.15) is 12.7 Å². The molecule has 2 saturated heterocycles. The first-order valence-corrected chi connectivity index (χ1v) is 19.0. The number of rotatable bonds is 9. The van der Waals surface area contributed by atoms with Gasteiger partial charge in [0.05, 0.1) is 10.4 Å². The van der Waals surface area contributed by atoms with E-state index in [1.54, 1.807) is 36.4 Å². The molecule has 0 bridgehead atoms. The van der Waals surface area contributed by atoms with Crippen molar-refractivity contribution in [2.24, 2.45) is 0 Å². The second kappa shape index (κ2) is 11.3. The Labute approximate surface area is 271 Å². The predicted octanol–water partition coefficient (Wildman–Crippen LogP) is 4.82. The number of benzene rings is 2. The van der Waals surface area contributed by atoms with Gasteiger partial charge in [-0.1, -0.05) is 61.2 Å². The van der Waals surface area contributed by atoms with Crippen molar-refractivity contribution in [2.75, 3.05) is 24.5 Å². The summed E-state index contributed by atoms with van der Waals surface area (Å²) in [4.78, 5) is 20.2. The monoisotopic (exact) mass is 664 g/mol. The van der Waals surface area contributed by atoms with E-state index in [1.807, 2.05) is 30.9 Å². The first-order chi connectivity index (χ1) is 21.9. The van der Waals surface area contributed by atoms with Crippen molar-refractivity contribution >= 4 is 31.8 Å². The van der Waals surface area contributed by atoms with E-state index in [2.05, 4.69) is 15.8 Å². The van der Waals surface area contributed by atoms with Crippen LogP contribution in [0.15, 0.2) is 70.6 Å². The van der Waals surface area contributed by atoms with Crippen molar-refractivity contribution in [3.05, 3.63) is 77.4 Å². The molecule has 1 amide bonds. The molecule has 7 rings (SSSR count). The van der Waals surface area contributed by atoms with Crippen molar-refractivity contribution in [1.82, 2.24) is 14.0 Å². The highest BCUT2D eigenvalue weighted by molar-refractivity contribution is 7.90. The normalized spacial score (nSPS) is 20.9. The lowest BCUT2D eigenvalue weighted by atomic mass is 9.79. The molecule has 0 atom stereocenters. The second-order valence-corrected chi connectivity index (χ2v) is 17.0. The lowest BCUT2D eigenvalue weighted by Crippen LogP contribution is -2.77. The third kappa shape index (κ3) is 5.47. The standard InChI is InChI=1S/C34H40N4O6S2/c1-24-14-16-27(17-15-24)46(42,43)37-22-33(23-37)20-21-38(33)29-12-7-13-30(35-29)45(40,41)36-32(39)34(18-19-34)44-31-25(2)8-6-11-28(31)26-9-4-3-5-10-26/h6-8,11-17,26H,3-5,9-10,18-23H2,1-2H3,(H,36,39). The average molecular weight is 665 g/mol. The van der Waals surface area contributed by atoms with Crippen LogP contribution in [0.25, 0.3) is 0 Å². The van der Waals surface area contributed by atoms with Crippen LogP contribution in [0.2, 0.25) is 0 Å². The summed E-state index contributed by atoms with van der Waals surface area (Å²) in [7, 11) is -7.93. The fourth-order valence-corrected chi connectivity index (χ4v) is 9.68. The molecule has 4 aliphatic rings. The third-order valence-electron chi connectivity index (χ3n) is 10.2. The second-order valence-electron chi connectivity index (χ2n) is 13.4. The van der Waals surface area contributed by atoms with Crippen LogP contribution >= 0.6 is 0 Å². The number of pyridine rings is 1. The largest absolute Gasteiger partial charge is 0.477 e. The van der Waals surface area contributed by atoms with Crippen molar-refractivity contribution < 1.29 is 26.4 Å². The van der Waals surface area contributed by atoms with Gasteiger partial charge < -0.3 is 9.64 Å². The molecule has 2 aliphatic heterocycles. The fraction of sp³-hybridized carbons (Fsp3) is 0.471. The summed E-state index contributed by atoms with van der Waals surface area (Å²) in [6.07, 6.45) is 7.34. The van der Waals surface area contributed by atoms with E-state index < -0.39 is 37.1 Å². The van der Waals surface area contributed by atoms with Gasteiger partial charge >= 0.3 is 0 Å². The van der Waals surface area contributed by atoms with Gasteiger partial charge in [0.2, 0.25) is 10.0 Å². The fourth-order valence-electron chi connectivity index (χ4n) is 7.07. The number of nitrogens with zero attached hydrogens (tertiary/aromatic N) is 3. The highest BCUT2D eigenvalue weighted by atomic mass is 32.2. The number of ether oxygens (including phenoxy) is 1. The molecule has 0 radical (unpaired) electrons. The van der Waals surface area contributed by atoms with Gasteiger partial charge in [-0.25, -0.2) is 18.1 Å². The smallest absolute Gasteiger partial charge is 0.281 e. The minimum absolute atomic E-state index is 0.255. The summed E-state index contributed by atoms with van der Waals surface area (Å²) in [5, 5.41) is -0.265. The van der Waals surface area contributed by atoms with Crippen molar-refractivity contribution in [3.63, 3.8) is 0 Å². The molecule has 2 aromatic carbocycles. The zero-order valence-electron chi connectivity index (χ0n) is 26.2. The average Bonchev–Trinajstić information content (AvgIpc) is 3.78. The molecule has 1 N–H and O–H groups in total. The molecule has 3 heterocycles. The van der Waals surface area contributed by atoms with Gasteiger partial charge in [-0.15, -0.1) is 0 Å². The molecule has 12 heteroatoms. The van der Waals surface area contributed by atoms with Crippen LogP contribution in [-0.4, -0.2) is 62.8 Å². The Hall–Kier alpha value is -3.48. The molecular weight excluding hydrogens is 625 g/mol. The summed E-state index contributed by atoms with van der Waals surface area (Å²) in [6, 6.07) is 17.5. The maximum absolute atomic E-state index is 13.5. The maximum atomic E-state index is 13.5. The number of anilines is 1. The number of hydrogen-bond acceptors (Lipinski definition) is 8. The number of para-hydroxylation sites is 1. The topological polar surface area (TPSA) is 126 Å². The summed E-state index contributed by atoms with van der Waals surface area (Å²) in [5.74, 6) is 0.812. The molecule has 46 heavy (non-hydrogen) atoms. The number of carbonyl (C=O) groups excluding carboxylic acids is 1. The number of sulfonamides is 2. The van der Waals surface area contributed by atoms with E-state index in [4.69, 9.17) is 4.74 Å². The van der Waals surface area contributed by atoms with Crippen LogP contribution in [-0.2, 0) is 24.8 Å². The summed E-state index contributed by atoms with van der Waals surface area (Å²) in [6.45, 7) is 5.08. The molecule has 1 spiro atoms. The van der Waals surface area contributed by atoms with Gasteiger partial charge in [-0.05, 0) is 74.4 Å². The Bertz CT molecular complexity index is 1880. The molecular formula is C34H40N4O6S2. The summed E-state index contributed by atoms with van der Waals surface area (Å²) >= 11 is 0. The molecule has 244 valence electrons. The van der Waals surface area contributed by atoms with E-state index >= 15 is 0 Å². The Morgan fingerprint density at radius 2 is 1.59 bits per heavy atom. The van der Waals surface area contributed by atoms with Crippen LogP contribution < -0.4 is 14.4 Å². The minimum atomic E-state index is -4.30. The number of amides is 1. The van der Waals surface area contributed by atoms with Gasteiger partial charge in [0, 0.05) is 32.5 Å². The number of aromatic nitrogens is 1. The number of nitrogens with one attached hydrogen (secondary N) is 1. The summed E-state index contributed by atoms with van der Waals surface area (Å²) < 4.78 is 63.4. The van der Waals surface area contributed by atoms with E-state index in [1.165, 1.54) is 16.8 Å². The highest BCUT2D eigenvalue weighted by Gasteiger charge is 2.58. The van der Waals surface area contributed by atoms with E-state index in [-0.39, 0.29) is 9.92 Å². The number of aryl methyl sites for hydroxylation is 2. The lowest BCUT2D eigenvalue weighted by Gasteiger charge is -2.62. The lowest BCUT2D eigenvalue weighted by molar-refractivity contribution is -0.128. The number of carbonyl (C=O) groups is 1. The van der Waals surface area contributed by atoms with Gasteiger partial charge in [0.15, 0.2) is 10.6 Å². The van der Waals surface area contributed by atoms with Crippen molar-refractivity contribution in [2.45, 2.75) is 92.2 Å². The Morgan fingerprint density at radius 3 is 2.24 bits per heavy atom. The predicted molar refractivity (Wildman–Crippen MR) is 174 cm³/mol. The zero-order valence-corrected chi connectivity index (χ0v) is 27.9. The van der Waals surface area contributed by atoms with Crippen LogP contribution in [0.4, 0.5) is 5.82 Å². The molecule has 3 aromatic rings. The van der Waals surface area contributed by atoms with Gasteiger partial charge in [-0.3, -0.25) is 4.79 Å². The molecule has 1 aromatic heterocycles. The first-order valence-electron chi connectivity index (χ1n) is 16.1. The molecule has 2 saturated carbocycles. The third-order valence-corrected chi connectivity index (χ3v) is 13.2.